The average molecular weight is 319 g/mol. The lowest BCUT2D eigenvalue weighted by Crippen LogP contribution is -1.81. The predicted octanol–water partition coefficient (Wildman–Crippen LogP) is 5.06. The number of hydrogen-bond acceptors (Lipinski definition) is 2. The van der Waals surface area contributed by atoms with Gasteiger partial charge in [-0.05, 0) is 37.3 Å². The predicted molar refractivity (Wildman–Crippen MR) is 85.9 cm³/mol. The lowest BCUT2D eigenvalue weighted by molar-refractivity contribution is 0.477. The van der Waals surface area contributed by atoms with Gasteiger partial charge in [0.05, 0.1) is 21.4 Å². The highest BCUT2D eigenvalue weighted by atomic mass is 35.5. The van der Waals surface area contributed by atoms with Crippen molar-refractivity contribution in [3.63, 3.8) is 0 Å². The molecule has 0 spiro atoms. The van der Waals surface area contributed by atoms with Crippen LogP contribution in [0.4, 0.5) is 0 Å². The summed E-state index contributed by atoms with van der Waals surface area (Å²) >= 11 is 12.4. The van der Waals surface area contributed by atoms with E-state index >= 15 is 0 Å². The second-order valence-corrected chi connectivity index (χ2v) is 5.60. The number of halogens is 2. The maximum Gasteiger partial charge on any atom is 0.125 e. The zero-order valence-electron chi connectivity index (χ0n) is 11.2. The zero-order valence-corrected chi connectivity index (χ0v) is 12.7. The molecule has 1 heterocycles. The Bertz CT molecular complexity index is 792. The molecule has 2 aromatic carbocycles. The summed E-state index contributed by atoms with van der Waals surface area (Å²) < 4.78 is 0. The molecule has 0 unspecified atom stereocenters. The molecule has 0 aliphatic carbocycles. The summed E-state index contributed by atoms with van der Waals surface area (Å²) in [6.07, 6.45) is 0. The summed E-state index contributed by atoms with van der Waals surface area (Å²) in [6.45, 7) is 1.96. The van der Waals surface area contributed by atoms with Gasteiger partial charge in [-0.1, -0.05) is 40.9 Å². The Kier molecular flexibility index (Phi) is 3.62. The van der Waals surface area contributed by atoms with E-state index in [0.717, 1.165) is 5.56 Å². The highest BCUT2D eigenvalue weighted by Crippen LogP contribution is 2.36. The molecule has 0 atom stereocenters. The first-order chi connectivity index (χ1) is 10.1. The fraction of sp³-hybridized carbons (Fsp3) is 0.0625. The number of rotatable bonds is 2. The quantitative estimate of drug-likeness (QED) is 0.693. The summed E-state index contributed by atoms with van der Waals surface area (Å²) in [5.41, 5.74) is 3.76. The Hall–Kier alpha value is -1.97. The van der Waals surface area contributed by atoms with Crippen LogP contribution >= 0.6 is 23.2 Å². The van der Waals surface area contributed by atoms with E-state index in [-0.39, 0.29) is 5.75 Å². The van der Waals surface area contributed by atoms with Crippen molar-refractivity contribution in [3.05, 3.63) is 58.1 Å². The van der Waals surface area contributed by atoms with Gasteiger partial charge in [-0.3, -0.25) is 5.10 Å². The van der Waals surface area contributed by atoms with Crippen molar-refractivity contribution in [1.82, 2.24) is 10.2 Å². The molecular weight excluding hydrogens is 307 g/mol. The van der Waals surface area contributed by atoms with E-state index in [9.17, 15) is 5.11 Å². The van der Waals surface area contributed by atoms with Gasteiger partial charge in [-0.15, -0.1) is 0 Å². The van der Waals surface area contributed by atoms with Gasteiger partial charge in [0.25, 0.3) is 0 Å². The van der Waals surface area contributed by atoms with Crippen LogP contribution in [-0.4, -0.2) is 15.3 Å². The van der Waals surface area contributed by atoms with Crippen molar-refractivity contribution in [2.45, 2.75) is 6.92 Å². The number of benzene rings is 2. The number of phenolic OH excluding ortho intramolecular Hbond substituents is 1. The summed E-state index contributed by atoms with van der Waals surface area (Å²) in [6, 6.07) is 12.5. The minimum atomic E-state index is 0.184. The first kappa shape index (κ1) is 14.0. The number of H-pyrrole nitrogens is 1. The topological polar surface area (TPSA) is 48.9 Å². The molecular formula is C16H12Cl2N2O. The number of aromatic nitrogens is 2. The molecule has 0 fully saturated rings. The summed E-state index contributed by atoms with van der Waals surface area (Å²) in [4.78, 5) is 0. The molecule has 0 bridgehead atoms. The normalized spacial score (nSPS) is 10.8. The molecule has 3 nitrogen and oxygen atoms in total. The molecule has 5 heteroatoms. The third-order valence-corrected chi connectivity index (χ3v) is 3.87. The monoisotopic (exact) mass is 318 g/mol. The third-order valence-electron chi connectivity index (χ3n) is 3.24. The highest BCUT2D eigenvalue weighted by molar-refractivity contribution is 6.39. The minimum Gasteiger partial charge on any atom is -0.507 e. The summed E-state index contributed by atoms with van der Waals surface area (Å²) in [5, 5.41) is 18.2. The van der Waals surface area contributed by atoms with Gasteiger partial charge in [0.15, 0.2) is 0 Å². The summed E-state index contributed by atoms with van der Waals surface area (Å²) in [7, 11) is 0. The number of phenols is 1. The van der Waals surface area contributed by atoms with Crippen LogP contribution in [0.15, 0.2) is 42.5 Å². The lowest BCUT2D eigenvalue weighted by atomic mass is 10.1. The largest absolute Gasteiger partial charge is 0.507 e. The van der Waals surface area contributed by atoms with Crippen LogP contribution in [0.3, 0.4) is 0 Å². The molecule has 0 aliphatic rings. The molecule has 0 amide bonds. The number of aryl methyl sites for hydroxylation is 1. The second-order valence-electron chi connectivity index (χ2n) is 4.78. The van der Waals surface area contributed by atoms with Crippen molar-refractivity contribution < 1.29 is 5.11 Å². The van der Waals surface area contributed by atoms with E-state index in [1.807, 2.05) is 25.1 Å². The van der Waals surface area contributed by atoms with Gasteiger partial charge in [-0.25, -0.2) is 0 Å². The number of nitrogens with zero attached hydrogens (tertiary/aromatic N) is 1. The van der Waals surface area contributed by atoms with Crippen LogP contribution < -0.4 is 0 Å². The van der Waals surface area contributed by atoms with Gasteiger partial charge in [0, 0.05) is 11.1 Å². The molecule has 0 saturated carbocycles. The SMILES string of the molecule is Cc1ccc(O)c(-c2cc(-c3c(Cl)cccc3Cl)[nH]n2)c1. The Labute approximate surface area is 132 Å². The lowest BCUT2D eigenvalue weighted by Gasteiger charge is -2.03. The molecule has 1 aromatic heterocycles. The smallest absolute Gasteiger partial charge is 0.125 e. The Morgan fingerprint density at radius 3 is 2.48 bits per heavy atom. The van der Waals surface area contributed by atoms with Gasteiger partial charge in [0.1, 0.15) is 5.75 Å². The van der Waals surface area contributed by atoms with Crippen LogP contribution in [0.1, 0.15) is 5.56 Å². The first-order valence-electron chi connectivity index (χ1n) is 6.36. The zero-order chi connectivity index (χ0) is 15.0. The third kappa shape index (κ3) is 2.62. The van der Waals surface area contributed by atoms with Gasteiger partial charge in [-0.2, -0.15) is 5.10 Å². The molecule has 3 rings (SSSR count). The van der Waals surface area contributed by atoms with Crippen LogP contribution in [-0.2, 0) is 0 Å². The van der Waals surface area contributed by atoms with Crippen molar-refractivity contribution in [2.75, 3.05) is 0 Å². The van der Waals surface area contributed by atoms with E-state index in [0.29, 0.717) is 32.6 Å². The van der Waals surface area contributed by atoms with Crippen molar-refractivity contribution >= 4 is 23.2 Å². The van der Waals surface area contributed by atoms with Gasteiger partial charge in [0.2, 0.25) is 0 Å². The van der Waals surface area contributed by atoms with Crippen LogP contribution in [0, 0.1) is 6.92 Å². The Balaban J connectivity index is 2.10. The first-order valence-corrected chi connectivity index (χ1v) is 7.11. The highest BCUT2D eigenvalue weighted by Gasteiger charge is 2.14. The molecule has 0 saturated heterocycles. The van der Waals surface area contributed by atoms with Crippen molar-refractivity contribution in [1.29, 1.82) is 0 Å². The number of nitrogens with one attached hydrogen (secondary N) is 1. The molecule has 106 valence electrons. The van der Waals surface area contributed by atoms with Crippen LogP contribution in [0.2, 0.25) is 10.0 Å². The van der Waals surface area contributed by atoms with Crippen molar-refractivity contribution in [3.8, 4) is 28.3 Å². The minimum absolute atomic E-state index is 0.184. The maximum absolute atomic E-state index is 9.97. The van der Waals surface area contributed by atoms with Crippen LogP contribution in [0.25, 0.3) is 22.5 Å². The van der Waals surface area contributed by atoms with Crippen molar-refractivity contribution in [2.24, 2.45) is 0 Å². The van der Waals surface area contributed by atoms with E-state index in [1.54, 1.807) is 24.3 Å². The Morgan fingerprint density at radius 1 is 1.05 bits per heavy atom. The maximum atomic E-state index is 9.97. The van der Waals surface area contributed by atoms with E-state index in [2.05, 4.69) is 10.2 Å². The average Bonchev–Trinajstić information content (AvgIpc) is 2.90. The molecule has 21 heavy (non-hydrogen) atoms. The summed E-state index contributed by atoms with van der Waals surface area (Å²) in [5.74, 6) is 0.184. The van der Waals surface area contributed by atoms with E-state index in [1.165, 1.54) is 0 Å². The molecule has 0 radical (unpaired) electrons. The van der Waals surface area contributed by atoms with Gasteiger partial charge >= 0.3 is 0 Å². The van der Waals surface area contributed by atoms with E-state index in [4.69, 9.17) is 23.2 Å². The van der Waals surface area contributed by atoms with E-state index < -0.39 is 0 Å². The standard InChI is InChI=1S/C16H12Cl2N2O/c1-9-5-6-15(21)10(7-9)13-8-14(20-19-13)16-11(17)3-2-4-12(16)18/h2-8,21H,1H3,(H,19,20). The van der Waals surface area contributed by atoms with Gasteiger partial charge < -0.3 is 5.11 Å². The fourth-order valence-electron chi connectivity index (χ4n) is 2.20. The second kappa shape index (κ2) is 5.43. The number of aromatic amines is 1. The van der Waals surface area contributed by atoms with Crippen LogP contribution in [0.5, 0.6) is 5.75 Å². The molecule has 2 N–H and O–H groups in total. The Morgan fingerprint density at radius 2 is 1.76 bits per heavy atom. The fourth-order valence-corrected chi connectivity index (χ4v) is 2.80. The molecule has 3 aromatic rings. The number of hydrogen-bond donors (Lipinski definition) is 2. The number of aromatic hydroxyl groups is 1. The molecule has 0 aliphatic heterocycles.